The Hall–Kier alpha value is -0.870. The molecule has 4 heteroatoms. The maximum Gasteiger partial charge on any atom is 0.224 e. The van der Waals surface area contributed by atoms with Gasteiger partial charge in [0.2, 0.25) is 5.91 Å². The fourth-order valence-corrected chi connectivity index (χ4v) is 3.87. The molecule has 2 heterocycles. The van der Waals surface area contributed by atoms with E-state index in [1.807, 2.05) is 25.1 Å². The number of carbonyl (C=O) groups is 1. The van der Waals surface area contributed by atoms with E-state index in [1.54, 1.807) is 0 Å². The number of halogens is 1. The Kier molecular flexibility index (Phi) is 4.13. The molecule has 0 radical (unpaired) electrons. The Bertz CT molecular complexity index is 505. The van der Waals surface area contributed by atoms with Gasteiger partial charge in [-0.25, -0.2) is 0 Å². The van der Waals surface area contributed by atoms with E-state index in [0.717, 1.165) is 23.0 Å². The summed E-state index contributed by atoms with van der Waals surface area (Å²) >= 11 is 3.50. The number of rotatable bonds is 3. The highest BCUT2D eigenvalue weighted by molar-refractivity contribution is 9.10. The lowest BCUT2D eigenvalue weighted by molar-refractivity contribution is -0.117. The average molecular weight is 337 g/mol. The molecule has 2 fully saturated rings. The van der Waals surface area contributed by atoms with Crippen LogP contribution in [-0.2, 0) is 4.79 Å². The molecule has 0 spiro atoms. The minimum Gasteiger partial charge on any atom is -0.326 e. The zero-order valence-electron chi connectivity index (χ0n) is 11.8. The van der Waals surface area contributed by atoms with Gasteiger partial charge in [0, 0.05) is 28.7 Å². The molecule has 0 saturated carbocycles. The van der Waals surface area contributed by atoms with Gasteiger partial charge in [-0.1, -0.05) is 22.0 Å². The Morgan fingerprint density at radius 3 is 2.70 bits per heavy atom. The van der Waals surface area contributed by atoms with Crippen molar-refractivity contribution in [2.75, 3.05) is 5.32 Å². The van der Waals surface area contributed by atoms with Crippen LogP contribution in [-0.4, -0.2) is 18.0 Å². The number of anilines is 1. The number of aryl methyl sites for hydroxylation is 1. The topological polar surface area (TPSA) is 41.1 Å². The number of hydrogen-bond acceptors (Lipinski definition) is 2. The van der Waals surface area contributed by atoms with E-state index < -0.39 is 0 Å². The van der Waals surface area contributed by atoms with Crippen LogP contribution in [0.1, 0.15) is 37.7 Å². The van der Waals surface area contributed by atoms with Crippen LogP contribution in [0.3, 0.4) is 0 Å². The molecule has 2 atom stereocenters. The molecule has 2 bridgehead atoms. The number of carbonyl (C=O) groups excluding carboxylic acids is 1. The van der Waals surface area contributed by atoms with Crippen molar-refractivity contribution in [3.05, 3.63) is 28.2 Å². The third-order valence-electron chi connectivity index (χ3n) is 4.50. The van der Waals surface area contributed by atoms with Gasteiger partial charge in [-0.05, 0) is 56.2 Å². The van der Waals surface area contributed by atoms with E-state index in [9.17, 15) is 4.79 Å². The van der Waals surface area contributed by atoms with Gasteiger partial charge in [-0.15, -0.1) is 0 Å². The Morgan fingerprint density at radius 2 is 2.05 bits per heavy atom. The van der Waals surface area contributed by atoms with Gasteiger partial charge in [0.25, 0.3) is 0 Å². The second-order valence-electron chi connectivity index (χ2n) is 6.19. The SMILES string of the molecule is Cc1ccc(NC(=O)CC2CC3CCC(C2)N3)cc1Br. The van der Waals surface area contributed by atoms with Crippen LogP contribution in [0.25, 0.3) is 0 Å². The first kappa shape index (κ1) is 14.1. The summed E-state index contributed by atoms with van der Waals surface area (Å²) in [6, 6.07) is 7.26. The summed E-state index contributed by atoms with van der Waals surface area (Å²) in [5.41, 5.74) is 2.06. The second-order valence-corrected chi connectivity index (χ2v) is 7.05. The minimum absolute atomic E-state index is 0.145. The first-order chi connectivity index (χ1) is 9.60. The summed E-state index contributed by atoms with van der Waals surface area (Å²) in [5.74, 6) is 0.690. The summed E-state index contributed by atoms with van der Waals surface area (Å²) < 4.78 is 1.04. The van der Waals surface area contributed by atoms with E-state index in [4.69, 9.17) is 0 Å². The molecule has 1 aromatic rings. The van der Waals surface area contributed by atoms with Crippen molar-refractivity contribution >= 4 is 27.5 Å². The van der Waals surface area contributed by atoms with Crippen molar-refractivity contribution in [2.45, 2.75) is 51.1 Å². The van der Waals surface area contributed by atoms with Crippen LogP contribution < -0.4 is 10.6 Å². The molecule has 1 amide bonds. The van der Waals surface area contributed by atoms with Crippen LogP contribution in [0.4, 0.5) is 5.69 Å². The smallest absolute Gasteiger partial charge is 0.224 e. The van der Waals surface area contributed by atoms with Crippen LogP contribution in [0, 0.1) is 12.8 Å². The Labute approximate surface area is 128 Å². The maximum absolute atomic E-state index is 12.2. The summed E-state index contributed by atoms with van der Waals surface area (Å²) in [4.78, 5) is 12.2. The third-order valence-corrected chi connectivity index (χ3v) is 5.35. The summed E-state index contributed by atoms with van der Waals surface area (Å²) in [7, 11) is 0. The summed E-state index contributed by atoms with van der Waals surface area (Å²) in [5, 5.41) is 6.64. The third kappa shape index (κ3) is 3.23. The fourth-order valence-electron chi connectivity index (χ4n) is 3.49. The molecule has 2 unspecified atom stereocenters. The molecular weight excluding hydrogens is 316 g/mol. The molecule has 108 valence electrons. The quantitative estimate of drug-likeness (QED) is 0.885. The number of amides is 1. The lowest BCUT2D eigenvalue weighted by Gasteiger charge is -2.28. The van der Waals surface area contributed by atoms with Crippen molar-refractivity contribution in [2.24, 2.45) is 5.92 Å². The van der Waals surface area contributed by atoms with Crippen LogP contribution in [0.15, 0.2) is 22.7 Å². The van der Waals surface area contributed by atoms with Gasteiger partial charge >= 0.3 is 0 Å². The van der Waals surface area contributed by atoms with Crippen molar-refractivity contribution in [3.63, 3.8) is 0 Å². The molecule has 2 aliphatic rings. The van der Waals surface area contributed by atoms with Gasteiger partial charge in [-0.3, -0.25) is 4.79 Å². The van der Waals surface area contributed by atoms with Crippen molar-refractivity contribution in [1.82, 2.24) is 5.32 Å². The zero-order valence-corrected chi connectivity index (χ0v) is 13.4. The molecule has 2 aliphatic heterocycles. The summed E-state index contributed by atoms with van der Waals surface area (Å²) in [6.07, 6.45) is 5.53. The van der Waals surface area contributed by atoms with E-state index in [-0.39, 0.29) is 5.91 Å². The number of fused-ring (bicyclic) bond motifs is 2. The standard InChI is InChI=1S/C16H21BrN2O/c1-10-2-3-14(9-15(10)17)19-16(20)8-11-6-12-4-5-13(7-11)18-12/h2-3,9,11-13,18H,4-8H2,1H3,(H,19,20). The normalized spacial score (nSPS) is 28.4. The van der Waals surface area contributed by atoms with Gasteiger partial charge in [0.15, 0.2) is 0 Å². The zero-order chi connectivity index (χ0) is 14.1. The molecular formula is C16H21BrN2O. The number of nitrogens with one attached hydrogen (secondary N) is 2. The average Bonchev–Trinajstić information content (AvgIpc) is 2.73. The van der Waals surface area contributed by atoms with E-state index in [0.29, 0.717) is 24.4 Å². The highest BCUT2D eigenvalue weighted by Crippen LogP contribution is 2.32. The van der Waals surface area contributed by atoms with Gasteiger partial charge in [-0.2, -0.15) is 0 Å². The molecule has 3 nitrogen and oxygen atoms in total. The highest BCUT2D eigenvalue weighted by atomic mass is 79.9. The lowest BCUT2D eigenvalue weighted by atomic mass is 9.89. The Balaban J connectivity index is 1.55. The minimum atomic E-state index is 0.145. The number of benzene rings is 1. The maximum atomic E-state index is 12.2. The van der Waals surface area contributed by atoms with Crippen LogP contribution in [0.2, 0.25) is 0 Å². The molecule has 0 aliphatic carbocycles. The van der Waals surface area contributed by atoms with E-state index >= 15 is 0 Å². The fraction of sp³-hybridized carbons (Fsp3) is 0.562. The van der Waals surface area contributed by atoms with Crippen LogP contribution >= 0.6 is 15.9 Å². The summed E-state index contributed by atoms with van der Waals surface area (Å²) in [6.45, 7) is 2.04. The Morgan fingerprint density at radius 1 is 1.35 bits per heavy atom. The van der Waals surface area contributed by atoms with Gasteiger partial charge < -0.3 is 10.6 Å². The predicted molar refractivity (Wildman–Crippen MR) is 84.8 cm³/mol. The van der Waals surface area contributed by atoms with Crippen molar-refractivity contribution < 1.29 is 4.79 Å². The largest absolute Gasteiger partial charge is 0.326 e. The van der Waals surface area contributed by atoms with Gasteiger partial charge in [0.05, 0.1) is 0 Å². The van der Waals surface area contributed by atoms with E-state index in [1.165, 1.54) is 18.4 Å². The highest BCUT2D eigenvalue weighted by Gasteiger charge is 2.34. The van der Waals surface area contributed by atoms with Gasteiger partial charge in [0.1, 0.15) is 0 Å². The molecule has 2 N–H and O–H groups in total. The van der Waals surface area contributed by atoms with Crippen LogP contribution in [0.5, 0.6) is 0 Å². The lowest BCUT2D eigenvalue weighted by Crippen LogP contribution is -2.39. The number of hydrogen-bond donors (Lipinski definition) is 2. The molecule has 20 heavy (non-hydrogen) atoms. The molecule has 3 rings (SSSR count). The molecule has 1 aromatic carbocycles. The van der Waals surface area contributed by atoms with Crippen molar-refractivity contribution in [1.29, 1.82) is 0 Å². The van der Waals surface area contributed by atoms with Crippen molar-refractivity contribution in [3.8, 4) is 0 Å². The molecule has 2 saturated heterocycles. The monoisotopic (exact) mass is 336 g/mol. The molecule has 0 aromatic heterocycles. The first-order valence-electron chi connectivity index (χ1n) is 7.42. The second kappa shape index (κ2) is 5.86. The van der Waals surface area contributed by atoms with E-state index in [2.05, 4.69) is 26.6 Å². The predicted octanol–water partition coefficient (Wildman–Crippen LogP) is 3.62. The first-order valence-corrected chi connectivity index (χ1v) is 8.21. The number of piperidine rings is 1.